The molecule has 0 bridgehead atoms. The number of rotatable bonds is 10. The number of nitrogens with one attached hydrogen (secondary N) is 1. The molecule has 1 aliphatic carbocycles. The van der Waals surface area contributed by atoms with Gasteiger partial charge in [0.25, 0.3) is 0 Å². The van der Waals surface area contributed by atoms with Crippen molar-refractivity contribution in [2.45, 2.75) is 90.4 Å². The van der Waals surface area contributed by atoms with Crippen LogP contribution in [0, 0.1) is 5.92 Å². The molecule has 0 radical (unpaired) electrons. The maximum atomic E-state index is 11.5. The lowest BCUT2D eigenvalue weighted by Gasteiger charge is -2.20. The highest BCUT2D eigenvalue weighted by atomic mass is 16.2. The SMILES string of the molecule is CCCCCCCC(=O)NN=CCCC1CCCCC1. The molecule has 0 saturated heterocycles. The lowest BCUT2D eigenvalue weighted by molar-refractivity contribution is -0.121. The monoisotopic (exact) mass is 280 g/mol. The minimum absolute atomic E-state index is 0.0652. The molecule has 1 saturated carbocycles. The molecule has 1 fully saturated rings. The molecule has 1 amide bonds. The molecule has 0 aromatic carbocycles. The Hall–Kier alpha value is -0.860. The Balaban J connectivity index is 1.92. The van der Waals surface area contributed by atoms with Crippen molar-refractivity contribution >= 4 is 12.1 Å². The number of hydrogen-bond donors (Lipinski definition) is 1. The Bertz CT molecular complexity index is 270. The van der Waals surface area contributed by atoms with Crippen LogP contribution < -0.4 is 5.43 Å². The summed E-state index contributed by atoms with van der Waals surface area (Å²) in [5.74, 6) is 0.958. The van der Waals surface area contributed by atoms with E-state index in [0.717, 1.165) is 25.2 Å². The number of unbranched alkanes of at least 4 members (excludes halogenated alkanes) is 4. The summed E-state index contributed by atoms with van der Waals surface area (Å²) in [5.41, 5.74) is 2.64. The van der Waals surface area contributed by atoms with E-state index in [9.17, 15) is 4.79 Å². The van der Waals surface area contributed by atoms with E-state index in [1.165, 1.54) is 57.8 Å². The first-order valence-electron chi connectivity index (χ1n) is 8.63. The Kier molecular flexibility index (Phi) is 10.3. The van der Waals surface area contributed by atoms with Gasteiger partial charge in [0.05, 0.1) is 0 Å². The molecule has 0 unspecified atom stereocenters. The van der Waals surface area contributed by atoms with Crippen molar-refractivity contribution in [2.24, 2.45) is 11.0 Å². The summed E-state index contributed by atoms with van der Waals surface area (Å²) in [6.45, 7) is 2.20. The quantitative estimate of drug-likeness (QED) is 0.348. The van der Waals surface area contributed by atoms with Crippen molar-refractivity contribution in [1.82, 2.24) is 5.43 Å². The zero-order valence-electron chi connectivity index (χ0n) is 13.2. The van der Waals surface area contributed by atoms with Crippen LogP contribution in [0.15, 0.2) is 5.10 Å². The molecule has 1 aliphatic rings. The second-order valence-corrected chi connectivity index (χ2v) is 6.09. The molecule has 1 rings (SSSR count). The fourth-order valence-corrected chi connectivity index (χ4v) is 2.91. The standard InChI is InChI=1S/C17H32N2O/c1-2-3-4-5-9-14-17(20)19-18-15-10-13-16-11-7-6-8-12-16/h15-16H,2-14H2,1H3,(H,19,20). The van der Waals surface area contributed by atoms with E-state index in [-0.39, 0.29) is 5.91 Å². The van der Waals surface area contributed by atoms with E-state index in [2.05, 4.69) is 17.5 Å². The van der Waals surface area contributed by atoms with Crippen LogP contribution in [0.3, 0.4) is 0 Å². The first-order chi connectivity index (χ1) is 9.83. The summed E-state index contributed by atoms with van der Waals surface area (Å²) in [7, 11) is 0. The maximum absolute atomic E-state index is 11.5. The van der Waals surface area contributed by atoms with Gasteiger partial charge in [-0.25, -0.2) is 5.43 Å². The second-order valence-electron chi connectivity index (χ2n) is 6.09. The van der Waals surface area contributed by atoms with E-state index < -0.39 is 0 Å². The molecule has 3 nitrogen and oxygen atoms in total. The van der Waals surface area contributed by atoms with Crippen LogP contribution in [0.5, 0.6) is 0 Å². The average Bonchev–Trinajstić information content (AvgIpc) is 2.48. The van der Waals surface area contributed by atoms with Crippen LogP contribution in [-0.2, 0) is 4.79 Å². The van der Waals surface area contributed by atoms with Crippen molar-refractivity contribution in [1.29, 1.82) is 0 Å². The van der Waals surface area contributed by atoms with Gasteiger partial charge in [-0.1, -0.05) is 64.7 Å². The van der Waals surface area contributed by atoms with E-state index in [1.54, 1.807) is 0 Å². The number of amides is 1. The molecule has 0 aromatic heterocycles. The molecule has 0 aromatic rings. The van der Waals surface area contributed by atoms with Gasteiger partial charge in [0.1, 0.15) is 0 Å². The van der Waals surface area contributed by atoms with Gasteiger partial charge in [0.15, 0.2) is 0 Å². The van der Waals surface area contributed by atoms with E-state index in [4.69, 9.17) is 0 Å². The molecule has 20 heavy (non-hydrogen) atoms. The van der Waals surface area contributed by atoms with Crippen LogP contribution in [0.4, 0.5) is 0 Å². The Morgan fingerprint density at radius 1 is 1.15 bits per heavy atom. The third-order valence-electron chi connectivity index (χ3n) is 4.22. The minimum Gasteiger partial charge on any atom is -0.273 e. The molecule has 0 heterocycles. The van der Waals surface area contributed by atoms with Gasteiger partial charge in [0, 0.05) is 12.6 Å². The van der Waals surface area contributed by atoms with Crippen LogP contribution in [0.1, 0.15) is 90.4 Å². The zero-order chi connectivity index (χ0) is 14.5. The van der Waals surface area contributed by atoms with Crippen molar-refractivity contribution in [2.75, 3.05) is 0 Å². The normalized spacial score (nSPS) is 16.6. The van der Waals surface area contributed by atoms with Crippen molar-refractivity contribution in [3.63, 3.8) is 0 Å². The van der Waals surface area contributed by atoms with Crippen LogP contribution in [-0.4, -0.2) is 12.1 Å². The fourth-order valence-electron chi connectivity index (χ4n) is 2.91. The second kappa shape index (κ2) is 11.9. The largest absolute Gasteiger partial charge is 0.273 e. The minimum atomic E-state index is 0.0652. The zero-order valence-corrected chi connectivity index (χ0v) is 13.2. The van der Waals surface area contributed by atoms with Crippen LogP contribution in [0.2, 0.25) is 0 Å². The number of carbonyl (C=O) groups is 1. The van der Waals surface area contributed by atoms with Crippen LogP contribution in [0.25, 0.3) is 0 Å². The summed E-state index contributed by atoms with van der Waals surface area (Å²) in [4.78, 5) is 11.5. The lowest BCUT2D eigenvalue weighted by atomic mass is 9.86. The van der Waals surface area contributed by atoms with E-state index in [0.29, 0.717) is 6.42 Å². The van der Waals surface area contributed by atoms with Gasteiger partial charge in [-0.05, 0) is 25.2 Å². The molecule has 116 valence electrons. The van der Waals surface area contributed by atoms with Crippen molar-refractivity contribution < 1.29 is 4.79 Å². The van der Waals surface area contributed by atoms with Gasteiger partial charge in [0.2, 0.25) is 5.91 Å². The first kappa shape index (κ1) is 17.2. The Morgan fingerprint density at radius 3 is 2.65 bits per heavy atom. The summed E-state index contributed by atoms with van der Waals surface area (Å²) in [6, 6.07) is 0. The highest BCUT2D eigenvalue weighted by Gasteiger charge is 2.11. The predicted octanol–water partition coefficient (Wildman–Crippen LogP) is 4.81. The number of carbonyl (C=O) groups excluding carboxylic acids is 1. The fraction of sp³-hybridized carbons (Fsp3) is 0.882. The third-order valence-corrected chi connectivity index (χ3v) is 4.22. The molecule has 3 heteroatoms. The summed E-state index contributed by atoms with van der Waals surface area (Å²) < 4.78 is 0. The van der Waals surface area contributed by atoms with E-state index in [1.807, 2.05) is 6.21 Å². The summed E-state index contributed by atoms with van der Waals surface area (Å²) in [6.07, 6.45) is 17.6. The predicted molar refractivity (Wildman–Crippen MR) is 85.8 cm³/mol. The number of hydrogen-bond acceptors (Lipinski definition) is 2. The Labute approximate surface area is 124 Å². The molecular weight excluding hydrogens is 248 g/mol. The molecule has 0 aliphatic heterocycles. The topological polar surface area (TPSA) is 41.5 Å². The molecule has 0 spiro atoms. The lowest BCUT2D eigenvalue weighted by Crippen LogP contribution is -2.17. The molecular formula is C17H32N2O. The average molecular weight is 280 g/mol. The molecule has 0 atom stereocenters. The maximum Gasteiger partial charge on any atom is 0.240 e. The number of hydrazone groups is 1. The van der Waals surface area contributed by atoms with E-state index >= 15 is 0 Å². The number of nitrogens with zero attached hydrogens (tertiary/aromatic N) is 1. The summed E-state index contributed by atoms with van der Waals surface area (Å²) >= 11 is 0. The van der Waals surface area contributed by atoms with Gasteiger partial charge >= 0.3 is 0 Å². The van der Waals surface area contributed by atoms with Crippen LogP contribution >= 0.6 is 0 Å². The Morgan fingerprint density at radius 2 is 1.90 bits per heavy atom. The van der Waals surface area contributed by atoms with Gasteiger partial charge in [-0.3, -0.25) is 4.79 Å². The molecule has 1 N–H and O–H groups in total. The van der Waals surface area contributed by atoms with Crippen molar-refractivity contribution in [3.05, 3.63) is 0 Å². The highest BCUT2D eigenvalue weighted by Crippen LogP contribution is 2.26. The van der Waals surface area contributed by atoms with Gasteiger partial charge in [-0.15, -0.1) is 0 Å². The smallest absolute Gasteiger partial charge is 0.240 e. The highest BCUT2D eigenvalue weighted by molar-refractivity contribution is 5.76. The van der Waals surface area contributed by atoms with Gasteiger partial charge < -0.3 is 0 Å². The summed E-state index contributed by atoms with van der Waals surface area (Å²) in [5, 5.41) is 4.05. The van der Waals surface area contributed by atoms with Gasteiger partial charge in [-0.2, -0.15) is 5.10 Å². The first-order valence-corrected chi connectivity index (χ1v) is 8.63. The van der Waals surface area contributed by atoms with Crippen molar-refractivity contribution in [3.8, 4) is 0 Å². The third kappa shape index (κ3) is 9.11.